The van der Waals surface area contributed by atoms with Crippen LogP contribution in [0, 0.1) is 6.92 Å². The SMILES string of the molecule is CCCC(Cc1c(C)nn(C)c1Cl)NC. The van der Waals surface area contributed by atoms with Crippen LogP contribution in [0.15, 0.2) is 0 Å². The summed E-state index contributed by atoms with van der Waals surface area (Å²) in [4.78, 5) is 0. The van der Waals surface area contributed by atoms with Crippen molar-refractivity contribution in [2.75, 3.05) is 7.05 Å². The molecule has 1 unspecified atom stereocenters. The molecule has 1 aromatic rings. The van der Waals surface area contributed by atoms with Gasteiger partial charge in [-0.2, -0.15) is 5.10 Å². The van der Waals surface area contributed by atoms with Crippen LogP contribution in [0.5, 0.6) is 0 Å². The molecule has 0 amide bonds. The molecule has 0 aromatic carbocycles. The Kier molecular flexibility index (Phi) is 4.61. The Labute approximate surface area is 96.8 Å². The standard InChI is InChI=1S/C11H20ClN3/c1-5-6-9(13-3)7-10-8(2)14-15(4)11(10)12/h9,13H,5-7H2,1-4H3. The lowest BCUT2D eigenvalue weighted by Gasteiger charge is -2.14. The summed E-state index contributed by atoms with van der Waals surface area (Å²) in [7, 11) is 3.88. The Morgan fingerprint density at radius 3 is 2.60 bits per heavy atom. The molecule has 86 valence electrons. The first-order valence-corrected chi connectivity index (χ1v) is 5.83. The van der Waals surface area contributed by atoms with Crippen LogP contribution in [0.2, 0.25) is 5.15 Å². The van der Waals surface area contributed by atoms with Gasteiger partial charge in [0, 0.05) is 18.7 Å². The lowest BCUT2D eigenvalue weighted by atomic mass is 10.0. The van der Waals surface area contributed by atoms with Crippen molar-refractivity contribution in [1.82, 2.24) is 15.1 Å². The van der Waals surface area contributed by atoms with Gasteiger partial charge in [0.15, 0.2) is 0 Å². The third-order valence-corrected chi connectivity index (χ3v) is 3.24. The van der Waals surface area contributed by atoms with Crippen LogP contribution in [0.3, 0.4) is 0 Å². The van der Waals surface area contributed by atoms with Gasteiger partial charge in [-0.1, -0.05) is 24.9 Å². The average Bonchev–Trinajstić information content (AvgIpc) is 2.44. The van der Waals surface area contributed by atoms with E-state index in [0.29, 0.717) is 6.04 Å². The Hall–Kier alpha value is -0.540. The molecule has 1 heterocycles. The molecule has 1 N–H and O–H groups in total. The van der Waals surface area contributed by atoms with E-state index in [4.69, 9.17) is 11.6 Å². The molecular weight excluding hydrogens is 210 g/mol. The lowest BCUT2D eigenvalue weighted by molar-refractivity contribution is 0.513. The monoisotopic (exact) mass is 229 g/mol. The lowest BCUT2D eigenvalue weighted by Crippen LogP contribution is -2.27. The van der Waals surface area contributed by atoms with Gasteiger partial charge >= 0.3 is 0 Å². The second kappa shape index (κ2) is 5.52. The zero-order valence-corrected chi connectivity index (χ0v) is 10.7. The summed E-state index contributed by atoms with van der Waals surface area (Å²) in [5.41, 5.74) is 2.21. The van der Waals surface area contributed by atoms with Gasteiger partial charge in [-0.15, -0.1) is 0 Å². The molecule has 1 rings (SSSR count). The third kappa shape index (κ3) is 2.95. The van der Waals surface area contributed by atoms with Crippen LogP contribution in [0.25, 0.3) is 0 Å². The molecule has 4 heteroatoms. The number of halogens is 1. The Bertz CT molecular complexity index is 320. The Balaban J connectivity index is 2.78. The van der Waals surface area contributed by atoms with Crippen molar-refractivity contribution in [2.24, 2.45) is 7.05 Å². The van der Waals surface area contributed by atoms with E-state index in [1.807, 2.05) is 21.0 Å². The molecule has 0 bridgehead atoms. The molecule has 0 radical (unpaired) electrons. The van der Waals surface area contributed by atoms with E-state index in [0.717, 1.165) is 17.3 Å². The molecule has 1 aromatic heterocycles. The van der Waals surface area contributed by atoms with Crippen LogP contribution in [-0.2, 0) is 13.5 Å². The van der Waals surface area contributed by atoms with Crippen molar-refractivity contribution < 1.29 is 0 Å². The van der Waals surface area contributed by atoms with Gasteiger partial charge in [-0.05, 0) is 26.8 Å². The van der Waals surface area contributed by atoms with Crippen LogP contribution in [0.1, 0.15) is 31.0 Å². The summed E-state index contributed by atoms with van der Waals surface area (Å²) in [5.74, 6) is 0. The number of hydrogen-bond donors (Lipinski definition) is 1. The van der Waals surface area contributed by atoms with Gasteiger partial charge in [0.05, 0.1) is 5.69 Å². The highest BCUT2D eigenvalue weighted by molar-refractivity contribution is 6.30. The highest BCUT2D eigenvalue weighted by atomic mass is 35.5. The summed E-state index contributed by atoms with van der Waals surface area (Å²) in [5, 5.41) is 8.40. The largest absolute Gasteiger partial charge is 0.317 e. The zero-order chi connectivity index (χ0) is 11.4. The van der Waals surface area contributed by atoms with E-state index < -0.39 is 0 Å². The maximum Gasteiger partial charge on any atom is 0.130 e. The summed E-state index contributed by atoms with van der Waals surface area (Å²) < 4.78 is 1.74. The summed E-state index contributed by atoms with van der Waals surface area (Å²) in [6, 6.07) is 0.496. The highest BCUT2D eigenvalue weighted by Crippen LogP contribution is 2.21. The van der Waals surface area contributed by atoms with Gasteiger partial charge in [-0.25, -0.2) is 0 Å². The molecule has 0 spiro atoms. The predicted octanol–water partition coefficient (Wildman–Crippen LogP) is 2.31. The third-order valence-electron chi connectivity index (χ3n) is 2.77. The first-order valence-electron chi connectivity index (χ1n) is 5.45. The molecule has 0 aliphatic carbocycles. The van der Waals surface area contributed by atoms with E-state index in [2.05, 4.69) is 17.3 Å². The molecule has 1 atom stereocenters. The number of aromatic nitrogens is 2. The molecule has 0 saturated heterocycles. The molecular formula is C11H20ClN3. The first-order chi connectivity index (χ1) is 7.10. The summed E-state index contributed by atoms with van der Waals surface area (Å²) in [6.07, 6.45) is 3.31. The summed E-state index contributed by atoms with van der Waals surface area (Å²) >= 11 is 6.19. The van der Waals surface area contributed by atoms with Crippen LogP contribution >= 0.6 is 11.6 Å². The molecule has 0 aliphatic rings. The number of nitrogens with one attached hydrogen (secondary N) is 1. The van der Waals surface area contributed by atoms with Crippen molar-refractivity contribution in [3.63, 3.8) is 0 Å². The molecule has 0 saturated carbocycles. The van der Waals surface area contributed by atoms with Gasteiger partial charge in [0.2, 0.25) is 0 Å². The number of aryl methyl sites for hydroxylation is 2. The Morgan fingerprint density at radius 1 is 1.53 bits per heavy atom. The van der Waals surface area contributed by atoms with Crippen molar-refractivity contribution in [3.8, 4) is 0 Å². The summed E-state index contributed by atoms with van der Waals surface area (Å²) in [6.45, 7) is 4.21. The maximum absolute atomic E-state index is 6.19. The number of nitrogens with zero attached hydrogens (tertiary/aromatic N) is 2. The Morgan fingerprint density at radius 2 is 2.20 bits per heavy atom. The van der Waals surface area contributed by atoms with Crippen molar-refractivity contribution in [3.05, 3.63) is 16.4 Å². The fourth-order valence-electron chi connectivity index (χ4n) is 1.85. The second-order valence-corrected chi connectivity index (χ2v) is 4.31. The van der Waals surface area contributed by atoms with E-state index in [1.165, 1.54) is 18.4 Å². The molecule has 3 nitrogen and oxygen atoms in total. The van der Waals surface area contributed by atoms with Gasteiger partial charge < -0.3 is 5.32 Å². The predicted molar refractivity (Wildman–Crippen MR) is 64.4 cm³/mol. The zero-order valence-electron chi connectivity index (χ0n) is 9.97. The topological polar surface area (TPSA) is 29.9 Å². The van der Waals surface area contributed by atoms with Gasteiger partial charge in [0.25, 0.3) is 0 Å². The minimum absolute atomic E-state index is 0.496. The second-order valence-electron chi connectivity index (χ2n) is 3.96. The van der Waals surface area contributed by atoms with Crippen molar-refractivity contribution in [1.29, 1.82) is 0 Å². The van der Waals surface area contributed by atoms with Crippen LogP contribution < -0.4 is 5.32 Å². The molecule has 0 fully saturated rings. The van der Waals surface area contributed by atoms with E-state index in [1.54, 1.807) is 4.68 Å². The fourth-order valence-corrected chi connectivity index (χ4v) is 2.10. The number of hydrogen-bond acceptors (Lipinski definition) is 2. The van der Waals surface area contributed by atoms with Crippen molar-refractivity contribution in [2.45, 2.75) is 39.2 Å². The van der Waals surface area contributed by atoms with Crippen LogP contribution in [-0.4, -0.2) is 22.9 Å². The van der Waals surface area contributed by atoms with E-state index >= 15 is 0 Å². The maximum atomic E-state index is 6.19. The fraction of sp³-hybridized carbons (Fsp3) is 0.727. The van der Waals surface area contributed by atoms with Gasteiger partial charge in [-0.3, -0.25) is 4.68 Å². The highest BCUT2D eigenvalue weighted by Gasteiger charge is 2.15. The molecule has 15 heavy (non-hydrogen) atoms. The first kappa shape index (κ1) is 12.5. The minimum Gasteiger partial charge on any atom is -0.317 e. The molecule has 0 aliphatic heterocycles. The number of likely N-dealkylation sites (N-methyl/N-ethyl adjacent to an activating group) is 1. The minimum atomic E-state index is 0.496. The van der Waals surface area contributed by atoms with Crippen molar-refractivity contribution >= 4 is 11.6 Å². The number of rotatable bonds is 5. The average molecular weight is 230 g/mol. The quantitative estimate of drug-likeness (QED) is 0.840. The van der Waals surface area contributed by atoms with Gasteiger partial charge in [0.1, 0.15) is 5.15 Å². The normalized spacial score (nSPS) is 13.1. The smallest absolute Gasteiger partial charge is 0.130 e. The van der Waals surface area contributed by atoms with E-state index in [-0.39, 0.29) is 0 Å². The van der Waals surface area contributed by atoms with E-state index in [9.17, 15) is 0 Å². The van der Waals surface area contributed by atoms with Crippen LogP contribution in [0.4, 0.5) is 0 Å².